The molecule has 0 aromatic rings. The van der Waals surface area contributed by atoms with Crippen LogP contribution in [0.1, 0.15) is 59.8 Å². The van der Waals surface area contributed by atoms with Gasteiger partial charge < -0.3 is 118 Å². The molecular formula is C34H71N9O24S. The standard InChI is InChI=1S/C5H9NO4.C5H9NO2.C5H11NO2.C4H7NO4.C4H9NO3.C3H7NO3.C3H7NO2S.C3H7NO2.C2H5NO2/c6-3(5(9)10)1-2-4(7)8;7-5(8)4-2-1-3-6-4;1-3(2)4(6)5(7)8;5-2(4(8)9)1-3(6)7;1-2(6)3(5)4(7)8;4-2(1-5)3(6)7;4-2(1-7)3(5)6;1-2(4)3(5)6;3-1-2(4)5/h3H,1-2,6H2,(H,7,8)(H,9,10);4,6H,1-3H2,(H,7,8);3-4H,6H2,1-2H3,(H,7,8);2H,1,5H2,(H,6,7)(H,8,9);2-3,6H,5H2,1H3,(H,7,8);2,5H,1,4H2,(H,6,7);2,7H,1,4H2,(H,5,6);2H,4H2,1H3,(H,5,6);1,3H2,(H,4,5)/t;4-;;;;;;;/m.0......./s1. The highest BCUT2D eigenvalue weighted by Crippen LogP contribution is 2.03. The number of aliphatic hydroxyl groups excluding tert-OH is 2. The van der Waals surface area contributed by atoms with Crippen LogP contribution in [0, 0.1) is 5.92 Å². The maximum Gasteiger partial charge on any atom is 0.323 e. The van der Waals surface area contributed by atoms with E-state index in [-0.39, 0.29) is 37.1 Å². The molecule has 8 unspecified atom stereocenters. The summed E-state index contributed by atoms with van der Waals surface area (Å²) in [4.78, 5) is 108. The maximum atomic E-state index is 10.1. The fourth-order valence-corrected chi connectivity index (χ4v) is 2.38. The van der Waals surface area contributed by atoms with Crippen LogP contribution in [-0.2, 0) is 52.7 Å². The molecule has 0 saturated carbocycles. The Bertz CT molecular complexity index is 1410. The van der Waals surface area contributed by atoms with Gasteiger partial charge in [-0.05, 0) is 45.6 Å². The molecule has 68 heavy (non-hydrogen) atoms. The minimum atomic E-state index is -1.29. The number of aliphatic carboxylic acids is 11. The van der Waals surface area contributed by atoms with Gasteiger partial charge in [-0.1, -0.05) is 13.8 Å². The molecule has 0 spiro atoms. The van der Waals surface area contributed by atoms with E-state index in [4.69, 9.17) is 107 Å². The minimum absolute atomic E-state index is 0.0208. The Morgan fingerprint density at radius 2 is 0.926 bits per heavy atom. The smallest absolute Gasteiger partial charge is 0.323 e. The van der Waals surface area contributed by atoms with Crippen LogP contribution < -0.4 is 51.2 Å². The largest absolute Gasteiger partial charge is 0.481 e. The quantitative estimate of drug-likeness (QED) is 0.0567. The van der Waals surface area contributed by atoms with Crippen LogP contribution in [0.25, 0.3) is 0 Å². The molecule has 0 bridgehead atoms. The number of rotatable bonds is 18. The van der Waals surface area contributed by atoms with Crippen molar-refractivity contribution in [2.24, 2.45) is 51.8 Å². The Morgan fingerprint density at radius 3 is 1.01 bits per heavy atom. The fraction of sp³-hybridized carbons (Fsp3) is 0.676. The lowest BCUT2D eigenvalue weighted by molar-refractivity contribution is -0.144. The molecule has 0 amide bonds. The third kappa shape index (κ3) is 66.7. The Hall–Kier alpha value is -5.92. The SMILES string of the molecule is CC(C)C(N)C(=O)O.CC(N)C(=O)O.CC(O)C(N)C(=O)O.NC(CC(=O)O)C(=O)O.NC(CCC(=O)O)C(=O)O.NC(CO)C(=O)O.NC(CS)C(=O)O.NCC(=O)O.O=C(O)[C@@H]1CCCN1. The maximum absolute atomic E-state index is 10.1. The van der Waals surface area contributed by atoms with E-state index in [1.807, 2.05) is 0 Å². The molecule has 0 aromatic carbocycles. The van der Waals surface area contributed by atoms with Crippen LogP contribution in [0.5, 0.6) is 0 Å². The molecule has 1 aliphatic heterocycles. The second-order valence-electron chi connectivity index (χ2n) is 13.1. The van der Waals surface area contributed by atoms with E-state index in [9.17, 15) is 52.7 Å². The van der Waals surface area contributed by atoms with Crippen LogP contribution in [0.2, 0.25) is 0 Å². The molecule has 402 valence electrons. The van der Waals surface area contributed by atoms with E-state index >= 15 is 0 Å². The van der Waals surface area contributed by atoms with Crippen LogP contribution in [0.15, 0.2) is 0 Å². The number of hydrogen-bond acceptors (Lipinski definition) is 23. The Kier molecular flexibility index (Phi) is 57.1. The third-order valence-electron chi connectivity index (χ3n) is 6.46. The number of nitrogens with two attached hydrogens (primary N) is 8. The first-order valence-corrected chi connectivity index (χ1v) is 19.5. The highest BCUT2D eigenvalue weighted by molar-refractivity contribution is 7.80. The van der Waals surface area contributed by atoms with E-state index < -0.39 is 127 Å². The van der Waals surface area contributed by atoms with Crippen molar-refractivity contribution in [3.8, 4) is 0 Å². The van der Waals surface area contributed by atoms with Gasteiger partial charge in [0.05, 0.1) is 25.7 Å². The molecule has 1 rings (SSSR count). The topological polar surface area (TPSA) is 671 Å². The molecule has 1 fully saturated rings. The van der Waals surface area contributed by atoms with Gasteiger partial charge >= 0.3 is 65.7 Å². The summed E-state index contributed by atoms with van der Waals surface area (Å²) in [6.45, 7) is 6.38. The van der Waals surface area contributed by atoms with Crippen molar-refractivity contribution in [3.63, 3.8) is 0 Å². The lowest BCUT2D eigenvalue weighted by Crippen LogP contribution is -2.39. The zero-order valence-corrected chi connectivity index (χ0v) is 38.4. The molecule has 0 aliphatic carbocycles. The monoisotopic (exact) mass is 1020 g/mol. The molecule has 0 aromatic heterocycles. The van der Waals surface area contributed by atoms with E-state index in [1.165, 1.54) is 13.8 Å². The predicted molar refractivity (Wildman–Crippen MR) is 237 cm³/mol. The van der Waals surface area contributed by atoms with E-state index in [0.29, 0.717) is 0 Å². The number of aliphatic hydroxyl groups is 2. The van der Waals surface area contributed by atoms with Crippen molar-refractivity contribution in [2.75, 3.05) is 25.4 Å². The van der Waals surface area contributed by atoms with Crippen LogP contribution in [0.3, 0.4) is 0 Å². The van der Waals surface area contributed by atoms with Crippen LogP contribution in [-0.4, -0.2) is 212 Å². The van der Waals surface area contributed by atoms with Crippen molar-refractivity contribution in [1.29, 1.82) is 0 Å². The van der Waals surface area contributed by atoms with Crippen molar-refractivity contribution in [2.45, 2.75) is 114 Å². The van der Waals surface area contributed by atoms with Crippen molar-refractivity contribution in [1.82, 2.24) is 5.32 Å². The number of nitrogens with one attached hydrogen (secondary N) is 1. The third-order valence-corrected chi connectivity index (χ3v) is 6.85. The van der Waals surface area contributed by atoms with Crippen LogP contribution >= 0.6 is 12.6 Å². The van der Waals surface area contributed by atoms with E-state index in [1.54, 1.807) is 13.8 Å². The molecule has 30 N–H and O–H groups in total. The molecule has 1 saturated heterocycles. The molecule has 0 radical (unpaired) electrons. The highest BCUT2D eigenvalue weighted by atomic mass is 32.1. The molecule has 1 aliphatic rings. The second kappa shape index (κ2) is 49.0. The van der Waals surface area contributed by atoms with Crippen molar-refractivity contribution in [3.05, 3.63) is 0 Å². The second-order valence-corrected chi connectivity index (χ2v) is 13.5. The normalized spacial score (nSPS) is 15.0. The highest BCUT2D eigenvalue weighted by Gasteiger charge is 2.20. The number of thiol groups is 1. The van der Waals surface area contributed by atoms with Gasteiger partial charge in [0.2, 0.25) is 0 Å². The van der Waals surface area contributed by atoms with Gasteiger partial charge in [-0.25, -0.2) is 0 Å². The first kappa shape index (κ1) is 79.2. The molecule has 9 atom stereocenters. The van der Waals surface area contributed by atoms with E-state index in [0.717, 1.165) is 19.4 Å². The first-order valence-electron chi connectivity index (χ1n) is 18.9. The molecular weight excluding hydrogens is 950 g/mol. The Morgan fingerprint density at radius 1 is 0.559 bits per heavy atom. The zero-order valence-electron chi connectivity index (χ0n) is 37.5. The van der Waals surface area contributed by atoms with Gasteiger partial charge in [-0.2, -0.15) is 12.6 Å². The van der Waals surface area contributed by atoms with Gasteiger partial charge in [-0.15, -0.1) is 0 Å². The average Bonchev–Trinajstić information content (AvgIpc) is 3.79. The lowest BCUT2D eigenvalue weighted by atomic mass is 10.1. The Labute approximate surface area is 393 Å². The summed E-state index contributed by atoms with van der Waals surface area (Å²) in [5.41, 5.74) is 39.0. The molecule has 1 heterocycles. The molecule has 33 nitrogen and oxygen atoms in total. The predicted octanol–water partition coefficient (Wildman–Crippen LogP) is -7.04. The van der Waals surface area contributed by atoms with Crippen molar-refractivity contribution >= 4 is 78.3 Å². The van der Waals surface area contributed by atoms with E-state index in [2.05, 4.69) is 23.7 Å². The lowest BCUT2D eigenvalue weighted by Gasteiger charge is -2.07. The summed E-state index contributed by atoms with van der Waals surface area (Å²) < 4.78 is 0. The Balaban J connectivity index is -0.0000000998. The van der Waals surface area contributed by atoms with Gasteiger partial charge in [0.25, 0.3) is 0 Å². The van der Waals surface area contributed by atoms with Crippen molar-refractivity contribution < 1.29 is 119 Å². The number of carboxylic acids is 11. The fourth-order valence-electron chi connectivity index (χ4n) is 2.22. The van der Waals surface area contributed by atoms with Gasteiger partial charge in [0.1, 0.15) is 48.3 Å². The number of hydrogen-bond donors (Lipinski definition) is 23. The average molecular weight is 1020 g/mol. The molecule has 34 heteroatoms. The van der Waals surface area contributed by atoms with Gasteiger partial charge in [0, 0.05) is 12.2 Å². The summed E-state index contributed by atoms with van der Waals surface area (Å²) in [6.07, 6.45) is 0.0484. The summed E-state index contributed by atoms with van der Waals surface area (Å²) in [5.74, 6) is -11.4. The summed E-state index contributed by atoms with van der Waals surface area (Å²) >= 11 is 3.65. The summed E-state index contributed by atoms with van der Waals surface area (Å²) in [7, 11) is 0. The zero-order chi connectivity index (χ0) is 56.2. The number of carboxylic acid groups (broad SMARTS) is 11. The van der Waals surface area contributed by atoms with Crippen LogP contribution in [0.4, 0.5) is 0 Å². The van der Waals surface area contributed by atoms with Gasteiger partial charge in [0.15, 0.2) is 0 Å². The summed E-state index contributed by atoms with van der Waals surface area (Å²) in [6, 6.07) is -7.16. The van der Waals surface area contributed by atoms with Gasteiger partial charge in [-0.3, -0.25) is 52.7 Å². The number of carbonyl (C=O) groups is 11. The first-order chi connectivity index (χ1) is 30.8. The summed E-state index contributed by atoms with van der Waals surface area (Å²) in [5, 5.41) is 108. The minimum Gasteiger partial charge on any atom is -0.481 e.